The number of β-lactam (4-membered cyclic amide) rings is 1. The lowest BCUT2D eigenvalue weighted by Gasteiger charge is -2.50. The van der Waals surface area contributed by atoms with Crippen molar-refractivity contribution in [3.05, 3.63) is 40.6 Å². The maximum Gasteiger partial charge on any atom is 0.358 e. The van der Waals surface area contributed by atoms with Gasteiger partial charge < -0.3 is 34.7 Å². The third kappa shape index (κ3) is 7.15. The molecule has 1 aromatic carbocycles. The summed E-state index contributed by atoms with van der Waals surface area (Å²) in [6.45, 7) is 10.4. The van der Waals surface area contributed by atoms with Crippen LogP contribution < -0.4 is 15.8 Å². The molecule has 2 amide bonds. The van der Waals surface area contributed by atoms with Crippen molar-refractivity contribution >= 4 is 47.5 Å². The molecular weight excluding hydrogens is 622 g/mol. The molecule has 0 bridgehead atoms. The van der Waals surface area contributed by atoms with Crippen LogP contribution >= 0.6 is 11.8 Å². The summed E-state index contributed by atoms with van der Waals surface area (Å²) in [6, 6.07) is 3.55. The average Bonchev–Trinajstić information content (AvgIpc) is 3.44. The van der Waals surface area contributed by atoms with Gasteiger partial charge in [-0.2, -0.15) is 0 Å². The molecule has 3 aliphatic heterocycles. The molecule has 15 heteroatoms. The number of nitrogens with one attached hydrogen (secondary N) is 1. The van der Waals surface area contributed by atoms with Crippen LogP contribution in [0, 0.1) is 5.41 Å². The molecule has 0 radical (unpaired) electrons. The second kappa shape index (κ2) is 12.9. The zero-order chi connectivity index (χ0) is 34.2. The SMILES string of the molecule is CC(=O)OCC1=C(C(=O)OCOC(=O)C(C)(C)C)N2C(=O)C(NC(=O)C(N)(C(=O)OC(C)(C)C)c3ccc4c(c3)CCO4)C2SC1. The highest BCUT2D eigenvalue weighted by atomic mass is 32.2. The topological polar surface area (TPSA) is 190 Å². The van der Waals surface area contributed by atoms with E-state index in [2.05, 4.69) is 5.32 Å². The number of hydrogen-bond acceptors (Lipinski definition) is 13. The van der Waals surface area contributed by atoms with Crippen LogP contribution in [0.1, 0.15) is 59.6 Å². The Morgan fingerprint density at radius 1 is 1.04 bits per heavy atom. The van der Waals surface area contributed by atoms with Crippen LogP contribution in [0.3, 0.4) is 0 Å². The van der Waals surface area contributed by atoms with Crippen LogP contribution in [-0.4, -0.2) is 83.4 Å². The highest BCUT2D eigenvalue weighted by Gasteiger charge is 2.57. The Balaban J connectivity index is 1.58. The van der Waals surface area contributed by atoms with Gasteiger partial charge in [-0.15, -0.1) is 11.8 Å². The number of ether oxygens (including phenoxy) is 5. The zero-order valence-electron chi connectivity index (χ0n) is 26.8. The average molecular weight is 662 g/mol. The van der Waals surface area contributed by atoms with Gasteiger partial charge in [0.25, 0.3) is 11.8 Å². The van der Waals surface area contributed by atoms with E-state index in [1.807, 2.05) is 0 Å². The van der Waals surface area contributed by atoms with Crippen LogP contribution in [-0.2, 0) is 59.7 Å². The summed E-state index contributed by atoms with van der Waals surface area (Å²) >= 11 is 1.20. The highest BCUT2D eigenvalue weighted by molar-refractivity contribution is 8.00. The van der Waals surface area contributed by atoms with Crippen molar-refractivity contribution in [1.82, 2.24) is 10.2 Å². The molecule has 46 heavy (non-hydrogen) atoms. The second-order valence-electron chi connectivity index (χ2n) is 13.1. The summed E-state index contributed by atoms with van der Waals surface area (Å²) in [7, 11) is 0. The summed E-state index contributed by atoms with van der Waals surface area (Å²) in [4.78, 5) is 78.9. The Hall–Kier alpha value is -4.11. The highest BCUT2D eigenvalue weighted by Crippen LogP contribution is 2.41. The number of esters is 4. The smallest absolute Gasteiger partial charge is 0.358 e. The van der Waals surface area contributed by atoms with Crippen LogP contribution in [0.4, 0.5) is 0 Å². The molecule has 0 aliphatic carbocycles. The molecule has 1 fully saturated rings. The third-order valence-electron chi connectivity index (χ3n) is 7.19. The van der Waals surface area contributed by atoms with Crippen LogP contribution in [0.25, 0.3) is 0 Å². The number of amides is 2. The van der Waals surface area contributed by atoms with E-state index in [0.717, 1.165) is 10.5 Å². The predicted octanol–water partition coefficient (Wildman–Crippen LogP) is 1.42. The van der Waals surface area contributed by atoms with Gasteiger partial charge in [0.05, 0.1) is 12.0 Å². The molecule has 3 atom stereocenters. The van der Waals surface area contributed by atoms with E-state index >= 15 is 0 Å². The monoisotopic (exact) mass is 661 g/mol. The van der Waals surface area contributed by atoms with Gasteiger partial charge in [0.2, 0.25) is 12.3 Å². The lowest BCUT2D eigenvalue weighted by Crippen LogP contribution is -2.73. The van der Waals surface area contributed by atoms with Crippen LogP contribution in [0.15, 0.2) is 29.5 Å². The molecule has 3 N–H and O–H groups in total. The van der Waals surface area contributed by atoms with Crippen LogP contribution in [0.2, 0.25) is 0 Å². The van der Waals surface area contributed by atoms with Gasteiger partial charge in [-0.1, -0.05) is 6.07 Å². The van der Waals surface area contributed by atoms with Crippen LogP contribution in [0.5, 0.6) is 5.75 Å². The molecule has 0 aromatic heterocycles. The summed E-state index contributed by atoms with van der Waals surface area (Å²) in [6.07, 6.45) is 0.556. The molecule has 0 spiro atoms. The molecule has 3 aliphatic rings. The minimum Gasteiger partial charge on any atom is -0.493 e. The maximum atomic E-state index is 13.9. The molecular formula is C31H39N3O11S. The lowest BCUT2D eigenvalue weighted by molar-refractivity contribution is -0.173. The number of hydrogen-bond donors (Lipinski definition) is 2. The van der Waals surface area contributed by atoms with E-state index in [0.29, 0.717) is 18.8 Å². The fourth-order valence-electron chi connectivity index (χ4n) is 4.78. The van der Waals surface area contributed by atoms with E-state index < -0.39 is 70.5 Å². The van der Waals surface area contributed by atoms with Gasteiger partial charge in [-0.05, 0) is 64.8 Å². The normalized spacial score (nSPS) is 20.3. The lowest BCUT2D eigenvalue weighted by atomic mass is 9.87. The number of carbonyl (C=O) groups is 6. The summed E-state index contributed by atoms with van der Waals surface area (Å²) in [5, 5.41) is 1.80. The van der Waals surface area contributed by atoms with Gasteiger partial charge in [-0.3, -0.25) is 24.1 Å². The van der Waals surface area contributed by atoms with E-state index in [-0.39, 0.29) is 29.2 Å². The fourth-order valence-corrected chi connectivity index (χ4v) is 6.11. The van der Waals surface area contributed by atoms with Crippen molar-refractivity contribution in [3.8, 4) is 5.75 Å². The molecule has 0 saturated carbocycles. The van der Waals surface area contributed by atoms with E-state index in [1.165, 1.54) is 24.8 Å². The molecule has 250 valence electrons. The standard InChI is InChI=1S/C31H39N3O11S/c1-16(35)42-13-18-14-46-24-21(23(36)34(24)22(18)25(37)43-15-44-27(39)29(2,3)4)33-26(38)31(32,28(40)45-30(5,6)7)19-8-9-20-17(12-19)10-11-41-20/h8-9,12,21,24H,10-11,13-15,32H2,1-7H3,(H,33,38). The van der Waals surface area contributed by atoms with Crippen molar-refractivity contribution < 1.29 is 52.5 Å². The quantitative estimate of drug-likeness (QED) is 0.127. The Morgan fingerprint density at radius 3 is 2.37 bits per heavy atom. The van der Waals surface area contributed by atoms with Crippen molar-refractivity contribution in [2.24, 2.45) is 11.1 Å². The number of carbonyl (C=O) groups excluding carboxylic acids is 6. The Bertz CT molecular complexity index is 1490. The number of benzene rings is 1. The van der Waals surface area contributed by atoms with Crippen molar-refractivity contribution in [3.63, 3.8) is 0 Å². The number of nitrogens with zero attached hydrogens (tertiary/aromatic N) is 1. The fraction of sp³-hybridized carbons (Fsp3) is 0.548. The minimum atomic E-state index is -2.33. The van der Waals surface area contributed by atoms with Gasteiger partial charge in [0.1, 0.15) is 35.1 Å². The van der Waals surface area contributed by atoms with Gasteiger partial charge in [0, 0.05) is 24.7 Å². The zero-order valence-corrected chi connectivity index (χ0v) is 27.7. The molecule has 1 saturated heterocycles. The van der Waals surface area contributed by atoms with Gasteiger partial charge in [0.15, 0.2) is 0 Å². The summed E-state index contributed by atoms with van der Waals surface area (Å²) in [5.74, 6) is -4.16. The molecule has 4 rings (SSSR count). The summed E-state index contributed by atoms with van der Waals surface area (Å²) in [5.41, 5.74) is 3.43. The first kappa shape index (κ1) is 34.8. The van der Waals surface area contributed by atoms with Crippen molar-refractivity contribution in [2.45, 2.75) is 77.4 Å². The Labute approximate surface area is 270 Å². The Morgan fingerprint density at radius 2 is 1.74 bits per heavy atom. The number of fused-ring (bicyclic) bond motifs is 2. The number of thioether (sulfide) groups is 1. The first-order valence-electron chi connectivity index (χ1n) is 14.6. The Kier molecular flexibility index (Phi) is 9.78. The van der Waals surface area contributed by atoms with Crippen molar-refractivity contribution in [2.75, 3.05) is 25.8 Å². The van der Waals surface area contributed by atoms with E-state index in [1.54, 1.807) is 53.7 Å². The van der Waals surface area contributed by atoms with E-state index in [9.17, 15) is 28.8 Å². The van der Waals surface area contributed by atoms with Gasteiger partial charge in [-0.25, -0.2) is 9.59 Å². The number of nitrogens with two attached hydrogens (primary N) is 1. The largest absolute Gasteiger partial charge is 0.493 e. The predicted molar refractivity (Wildman–Crippen MR) is 163 cm³/mol. The van der Waals surface area contributed by atoms with E-state index in [4.69, 9.17) is 29.4 Å². The molecule has 3 unspecified atom stereocenters. The first-order valence-corrected chi connectivity index (χ1v) is 15.6. The van der Waals surface area contributed by atoms with Gasteiger partial charge >= 0.3 is 23.9 Å². The minimum absolute atomic E-state index is 0.130. The second-order valence-corrected chi connectivity index (χ2v) is 14.2. The third-order valence-corrected chi connectivity index (χ3v) is 8.53. The number of rotatable bonds is 9. The summed E-state index contributed by atoms with van der Waals surface area (Å²) < 4.78 is 26.4. The van der Waals surface area contributed by atoms with Crippen molar-refractivity contribution in [1.29, 1.82) is 0 Å². The molecule has 1 aromatic rings. The first-order chi connectivity index (χ1) is 21.3. The maximum absolute atomic E-state index is 13.9. The molecule has 3 heterocycles. The molecule has 14 nitrogen and oxygen atoms in total.